The van der Waals surface area contributed by atoms with E-state index in [9.17, 15) is 14.9 Å². The van der Waals surface area contributed by atoms with Gasteiger partial charge < -0.3 is 10.6 Å². The topological polar surface area (TPSA) is 94.9 Å². The quantitative estimate of drug-likeness (QED) is 0.527. The van der Waals surface area contributed by atoms with E-state index < -0.39 is 11.7 Å². The third-order valence-corrected chi connectivity index (χ3v) is 5.89. The zero-order valence-corrected chi connectivity index (χ0v) is 17.7. The number of amides is 1. The Morgan fingerprint density at radius 1 is 1.06 bits per heavy atom. The molecule has 3 aromatic rings. The predicted octanol–water partition coefficient (Wildman–Crippen LogP) is 5.34. The van der Waals surface area contributed by atoms with Gasteiger partial charge in [-0.2, -0.15) is 5.26 Å². The van der Waals surface area contributed by atoms with Crippen LogP contribution in [0.4, 0.5) is 11.5 Å². The number of pyridine rings is 1. The van der Waals surface area contributed by atoms with Crippen molar-refractivity contribution in [2.75, 3.05) is 10.6 Å². The fraction of sp³-hybridized carbons (Fsp3) is 0.0400. The number of allylic oxidation sites excluding steroid dienone is 1. The highest BCUT2D eigenvalue weighted by atomic mass is 35.5. The normalized spacial score (nSPS) is 13.8. The van der Waals surface area contributed by atoms with Crippen LogP contribution < -0.4 is 10.6 Å². The molecule has 0 atom stereocenters. The maximum atomic E-state index is 12.3. The molecule has 0 fully saturated rings. The van der Waals surface area contributed by atoms with Gasteiger partial charge in [0.15, 0.2) is 0 Å². The summed E-state index contributed by atoms with van der Waals surface area (Å²) in [5, 5.41) is 15.5. The van der Waals surface area contributed by atoms with Crippen LogP contribution in [0.5, 0.6) is 0 Å². The monoisotopic (exact) mass is 438 g/mol. The zero-order chi connectivity index (χ0) is 22.6. The molecule has 5 rings (SSSR count). The summed E-state index contributed by atoms with van der Waals surface area (Å²) in [4.78, 5) is 29.1. The molecule has 154 valence electrons. The maximum Gasteiger partial charge on any atom is 0.296 e. The average Bonchev–Trinajstić information content (AvgIpc) is 3.07. The number of hydrogen-bond acceptors (Lipinski definition) is 5. The standard InChI is InChI=1S/C25H15ClN4O2/c1-12-6-7-14-8-18(16-9-19-22(20(26)10-16)30-25(32)23(19)31)21(29-24(14)28-12)17-5-3-4-15(11-27)13(17)2/h3-10H,1H2,2H3,(H,28,29)(H,30,31,32). The van der Waals surface area contributed by atoms with E-state index in [-0.39, 0.29) is 10.6 Å². The van der Waals surface area contributed by atoms with E-state index in [2.05, 4.69) is 23.3 Å². The first-order valence-corrected chi connectivity index (χ1v) is 10.1. The molecule has 2 N–H and O–H groups in total. The highest BCUT2D eigenvalue weighted by Gasteiger charge is 2.31. The minimum atomic E-state index is -0.703. The Balaban J connectivity index is 1.81. The molecule has 1 aromatic heterocycles. The SMILES string of the molecule is C=C1C=Cc2cc(-c3cc(Cl)c4c(c3)C(=O)C(=O)N4)c(-c3cccc(C#N)c3C)nc2N1. The number of nitriles is 1. The first-order valence-electron chi connectivity index (χ1n) is 9.76. The lowest BCUT2D eigenvalue weighted by Gasteiger charge is -2.20. The number of nitrogens with zero attached hydrogens (tertiary/aromatic N) is 2. The predicted molar refractivity (Wildman–Crippen MR) is 124 cm³/mol. The minimum absolute atomic E-state index is 0.228. The number of carbonyl (C=O) groups is 2. The third kappa shape index (κ3) is 2.99. The van der Waals surface area contributed by atoms with Gasteiger partial charge in [0.25, 0.3) is 11.7 Å². The van der Waals surface area contributed by atoms with Gasteiger partial charge in [0.1, 0.15) is 5.82 Å². The molecule has 0 radical (unpaired) electrons. The average molecular weight is 439 g/mol. The molecule has 2 aliphatic heterocycles. The molecule has 0 saturated carbocycles. The third-order valence-electron chi connectivity index (χ3n) is 5.60. The van der Waals surface area contributed by atoms with Gasteiger partial charge in [0, 0.05) is 22.4 Å². The van der Waals surface area contributed by atoms with Crippen molar-refractivity contribution in [3.05, 3.63) is 82.0 Å². The number of aromatic nitrogens is 1. The van der Waals surface area contributed by atoms with E-state index in [0.717, 1.165) is 22.3 Å². The van der Waals surface area contributed by atoms with Gasteiger partial charge in [0.05, 0.1) is 33.6 Å². The van der Waals surface area contributed by atoms with Gasteiger partial charge in [0.2, 0.25) is 0 Å². The number of fused-ring (bicyclic) bond motifs is 2. The summed E-state index contributed by atoms with van der Waals surface area (Å²) in [6.07, 6.45) is 3.75. The molecular formula is C25H15ClN4O2. The van der Waals surface area contributed by atoms with Crippen molar-refractivity contribution in [2.45, 2.75) is 6.92 Å². The number of rotatable bonds is 2. The molecule has 2 aliphatic rings. The lowest BCUT2D eigenvalue weighted by atomic mass is 9.92. The van der Waals surface area contributed by atoms with E-state index in [1.54, 1.807) is 24.3 Å². The van der Waals surface area contributed by atoms with Crippen molar-refractivity contribution in [1.29, 1.82) is 5.26 Å². The highest BCUT2D eigenvalue weighted by Crippen LogP contribution is 2.41. The van der Waals surface area contributed by atoms with Crippen LogP contribution >= 0.6 is 11.6 Å². The smallest absolute Gasteiger partial charge is 0.296 e. The molecule has 0 bridgehead atoms. The van der Waals surface area contributed by atoms with E-state index in [1.165, 1.54) is 0 Å². The molecule has 0 saturated heterocycles. The maximum absolute atomic E-state index is 12.3. The molecule has 3 heterocycles. The summed E-state index contributed by atoms with van der Waals surface area (Å²) < 4.78 is 0. The van der Waals surface area contributed by atoms with Crippen molar-refractivity contribution in [3.63, 3.8) is 0 Å². The van der Waals surface area contributed by atoms with Crippen LogP contribution in [0.3, 0.4) is 0 Å². The second-order valence-corrected chi connectivity index (χ2v) is 7.97. The Labute approximate surface area is 188 Å². The zero-order valence-electron chi connectivity index (χ0n) is 16.9. The summed E-state index contributed by atoms with van der Waals surface area (Å²) in [5.74, 6) is -0.694. The summed E-state index contributed by atoms with van der Waals surface area (Å²) in [6, 6.07) is 13.0. The van der Waals surface area contributed by atoms with E-state index in [4.69, 9.17) is 16.6 Å². The van der Waals surface area contributed by atoms with Crippen LogP contribution in [-0.2, 0) is 4.79 Å². The number of benzene rings is 2. The molecule has 1 amide bonds. The lowest BCUT2D eigenvalue weighted by molar-refractivity contribution is -0.112. The molecule has 0 spiro atoms. The number of anilines is 2. The van der Waals surface area contributed by atoms with Gasteiger partial charge in [-0.1, -0.05) is 30.3 Å². The Morgan fingerprint density at radius 2 is 1.88 bits per heavy atom. The van der Waals surface area contributed by atoms with Crippen molar-refractivity contribution in [1.82, 2.24) is 4.98 Å². The van der Waals surface area contributed by atoms with Crippen LogP contribution in [-0.4, -0.2) is 16.7 Å². The largest absolute Gasteiger partial charge is 0.340 e. The van der Waals surface area contributed by atoms with Crippen molar-refractivity contribution < 1.29 is 9.59 Å². The fourth-order valence-corrected chi connectivity index (χ4v) is 4.21. The van der Waals surface area contributed by atoms with Crippen LogP contribution in [0.1, 0.15) is 27.0 Å². The first-order chi connectivity index (χ1) is 15.4. The van der Waals surface area contributed by atoms with Crippen molar-refractivity contribution >= 4 is 40.9 Å². The fourth-order valence-electron chi connectivity index (χ4n) is 3.94. The second-order valence-electron chi connectivity index (χ2n) is 7.56. The number of hydrogen-bond donors (Lipinski definition) is 2. The molecule has 2 aromatic carbocycles. The number of Topliss-reactive ketones (excluding diaryl/α,β-unsaturated/α-hetero) is 1. The summed E-state index contributed by atoms with van der Waals surface area (Å²) in [7, 11) is 0. The van der Waals surface area contributed by atoms with Gasteiger partial charge in [-0.05, 0) is 54.5 Å². The van der Waals surface area contributed by atoms with Crippen LogP contribution in [0, 0.1) is 18.3 Å². The van der Waals surface area contributed by atoms with Gasteiger partial charge in [-0.3, -0.25) is 9.59 Å². The molecule has 0 unspecified atom stereocenters. The van der Waals surface area contributed by atoms with Gasteiger partial charge in [-0.15, -0.1) is 0 Å². The van der Waals surface area contributed by atoms with Gasteiger partial charge in [-0.25, -0.2) is 4.98 Å². The lowest BCUT2D eigenvalue weighted by Crippen LogP contribution is -2.12. The Bertz CT molecular complexity index is 1460. The molecule has 6 nitrogen and oxygen atoms in total. The highest BCUT2D eigenvalue weighted by molar-refractivity contribution is 6.53. The van der Waals surface area contributed by atoms with Gasteiger partial charge >= 0.3 is 0 Å². The number of nitrogens with one attached hydrogen (secondary N) is 2. The van der Waals surface area contributed by atoms with Crippen molar-refractivity contribution in [2.24, 2.45) is 0 Å². The summed E-state index contributed by atoms with van der Waals surface area (Å²) in [6.45, 7) is 5.80. The molecule has 7 heteroatoms. The Kier molecular flexibility index (Phi) is 4.43. The van der Waals surface area contributed by atoms with Crippen LogP contribution in [0.25, 0.3) is 28.5 Å². The van der Waals surface area contributed by atoms with E-state index >= 15 is 0 Å². The number of ketones is 1. The van der Waals surface area contributed by atoms with Crippen LogP contribution in [0.2, 0.25) is 5.02 Å². The minimum Gasteiger partial charge on any atom is -0.340 e. The number of halogens is 1. The van der Waals surface area contributed by atoms with Crippen molar-refractivity contribution in [3.8, 4) is 28.5 Å². The molecule has 0 aliphatic carbocycles. The van der Waals surface area contributed by atoms with Crippen LogP contribution in [0.15, 0.2) is 54.8 Å². The number of carbonyl (C=O) groups excluding carboxylic acids is 2. The second kappa shape index (κ2) is 7.19. The molecule has 32 heavy (non-hydrogen) atoms. The molecular weight excluding hydrogens is 424 g/mol. The first kappa shape index (κ1) is 19.7. The van der Waals surface area contributed by atoms with E-state index in [1.807, 2.05) is 31.2 Å². The Morgan fingerprint density at radius 3 is 2.66 bits per heavy atom. The van der Waals surface area contributed by atoms with E-state index in [0.29, 0.717) is 34.0 Å². The summed E-state index contributed by atoms with van der Waals surface area (Å²) >= 11 is 6.43. The summed E-state index contributed by atoms with van der Waals surface area (Å²) in [5.41, 5.74) is 6.18. The Hall–Kier alpha value is -4.21.